The molecule has 1 aliphatic heterocycles. The molecule has 5 aromatic rings. The molecule has 2 atom stereocenters. The van der Waals surface area contributed by atoms with E-state index in [0.717, 1.165) is 24.3 Å². The molecule has 0 spiro atoms. The first-order valence-electron chi connectivity index (χ1n) is 13.6. The normalized spacial score (nSPS) is 16.9. The lowest BCUT2D eigenvalue weighted by Gasteiger charge is -2.37. The monoisotopic (exact) mass is 567 g/mol. The van der Waals surface area contributed by atoms with E-state index in [1.807, 2.05) is 25.2 Å². The summed E-state index contributed by atoms with van der Waals surface area (Å²) in [5.41, 5.74) is 3.25. The van der Waals surface area contributed by atoms with Crippen molar-refractivity contribution >= 4 is 45.3 Å². The van der Waals surface area contributed by atoms with Crippen LogP contribution in [0.25, 0.3) is 22.1 Å². The van der Waals surface area contributed by atoms with Gasteiger partial charge >= 0.3 is 0 Å². The van der Waals surface area contributed by atoms with Crippen LogP contribution < -0.4 is 20.3 Å². The van der Waals surface area contributed by atoms with Crippen LogP contribution >= 0.6 is 0 Å². The molecule has 1 fully saturated rings. The van der Waals surface area contributed by atoms with Crippen LogP contribution in [0.2, 0.25) is 0 Å². The van der Waals surface area contributed by atoms with Crippen LogP contribution in [-0.4, -0.2) is 55.0 Å². The Morgan fingerprint density at radius 1 is 1.14 bits per heavy atom. The van der Waals surface area contributed by atoms with Crippen LogP contribution in [0.1, 0.15) is 18.9 Å². The number of aryl methyl sites for hydroxylation is 1. The minimum absolute atomic E-state index is 0.0262. The number of hydrogen-bond donors (Lipinski definition) is 2. The molecule has 0 saturated carbocycles. The van der Waals surface area contributed by atoms with E-state index in [0.29, 0.717) is 51.9 Å². The topological polar surface area (TPSA) is 123 Å². The number of ether oxygens (including phenoxy) is 1. The highest BCUT2D eigenvalue weighted by Crippen LogP contribution is 2.34. The van der Waals surface area contributed by atoms with Crippen LogP contribution in [-0.2, 0) is 11.8 Å². The molecule has 12 heteroatoms. The number of nitrogens with one attached hydrogen (secondary N) is 2. The summed E-state index contributed by atoms with van der Waals surface area (Å²) in [6.07, 6.45) is 3.57. The molecular formula is C30H30FN9O2. The van der Waals surface area contributed by atoms with Gasteiger partial charge in [0.1, 0.15) is 34.7 Å². The van der Waals surface area contributed by atoms with Crippen LogP contribution in [0, 0.1) is 18.7 Å². The Labute approximate surface area is 241 Å². The Balaban J connectivity index is 1.25. The quantitative estimate of drug-likeness (QED) is 0.267. The molecule has 42 heavy (non-hydrogen) atoms. The number of carbonyl (C=O) groups excluding carboxylic acids is 1. The van der Waals surface area contributed by atoms with Gasteiger partial charge in [-0.1, -0.05) is 18.7 Å². The second-order valence-corrected chi connectivity index (χ2v) is 10.6. The Hall–Kier alpha value is -5.13. The predicted octanol–water partition coefficient (Wildman–Crippen LogP) is 4.81. The van der Waals surface area contributed by atoms with E-state index in [4.69, 9.17) is 9.72 Å². The van der Waals surface area contributed by atoms with Gasteiger partial charge in [-0.2, -0.15) is 0 Å². The van der Waals surface area contributed by atoms with Crippen molar-refractivity contribution in [3.63, 3.8) is 0 Å². The maximum absolute atomic E-state index is 15.6. The van der Waals surface area contributed by atoms with E-state index in [1.54, 1.807) is 35.9 Å². The molecule has 214 valence electrons. The number of rotatable bonds is 7. The SMILES string of the molecule is C=CC(=O)NC1C[C@H](C)CN(c2ccc3ncnc(Nc4ccc(Oc5ccc6c(c5)nnn6C)c(C)c4F)c3n2)C1. The maximum Gasteiger partial charge on any atom is 0.243 e. The number of piperidine rings is 1. The fourth-order valence-corrected chi connectivity index (χ4v) is 5.31. The van der Waals surface area contributed by atoms with Crippen LogP contribution in [0.5, 0.6) is 11.5 Å². The zero-order valence-corrected chi connectivity index (χ0v) is 23.5. The second-order valence-electron chi connectivity index (χ2n) is 10.6. The van der Waals surface area contributed by atoms with E-state index >= 15 is 4.39 Å². The average molecular weight is 568 g/mol. The molecule has 11 nitrogen and oxygen atoms in total. The number of anilines is 3. The number of fused-ring (bicyclic) bond motifs is 2. The fraction of sp³-hybridized carbons (Fsp3) is 0.267. The van der Waals surface area contributed by atoms with Gasteiger partial charge in [-0.15, -0.1) is 5.10 Å². The van der Waals surface area contributed by atoms with E-state index in [9.17, 15) is 4.79 Å². The van der Waals surface area contributed by atoms with Gasteiger partial charge < -0.3 is 20.3 Å². The van der Waals surface area contributed by atoms with Gasteiger partial charge in [0, 0.05) is 37.8 Å². The first-order valence-corrected chi connectivity index (χ1v) is 13.6. The number of carbonyl (C=O) groups is 1. The van der Waals surface area contributed by atoms with Crippen molar-refractivity contribution in [2.45, 2.75) is 26.3 Å². The molecule has 3 aromatic heterocycles. The lowest BCUT2D eigenvalue weighted by Crippen LogP contribution is -2.50. The highest BCUT2D eigenvalue weighted by molar-refractivity contribution is 5.88. The summed E-state index contributed by atoms with van der Waals surface area (Å²) in [6, 6.07) is 12.5. The van der Waals surface area contributed by atoms with Gasteiger partial charge in [0.2, 0.25) is 5.91 Å². The Morgan fingerprint density at radius 2 is 2.00 bits per heavy atom. The summed E-state index contributed by atoms with van der Waals surface area (Å²) in [5, 5.41) is 14.2. The molecule has 1 aliphatic rings. The van der Waals surface area contributed by atoms with Gasteiger partial charge in [0.05, 0.1) is 16.7 Å². The van der Waals surface area contributed by atoms with Crippen molar-refractivity contribution in [2.75, 3.05) is 23.3 Å². The molecule has 0 aliphatic carbocycles. The van der Waals surface area contributed by atoms with Gasteiger partial charge in [-0.3, -0.25) is 4.79 Å². The third-order valence-corrected chi connectivity index (χ3v) is 7.38. The van der Waals surface area contributed by atoms with Crippen molar-refractivity contribution in [3.8, 4) is 11.5 Å². The third kappa shape index (κ3) is 5.30. The highest BCUT2D eigenvalue weighted by atomic mass is 19.1. The standard InChI is InChI=1S/C30H30FN9O2/c1-5-27(41)34-19-12-17(2)14-40(15-19)26-11-8-22-29(36-26)30(33-16-32-22)35-21-7-10-25(18(3)28(21)31)42-20-6-9-24-23(13-20)37-38-39(24)4/h5-11,13,16-17,19H,1,12,14-15H2,2-4H3,(H,34,41)(H,32,33,35)/t17-,19?/m0/s1. The Morgan fingerprint density at radius 3 is 2.83 bits per heavy atom. The Bertz CT molecular complexity index is 1820. The summed E-state index contributed by atoms with van der Waals surface area (Å²) in [5.74, 6) is 1.70. The van der Waals surface area contributed by atoms with E-state index in [2.05, 4.69) is 49.3 Å². The number of aromatic nitrogens is 6. The van der Waals surface area contributed by atoms with Crippen molar-refractivity contribution < 1.29 is 13.9 Å². The van der Waals surface area contributed by atoms with E-state index < -0.39 is 5.82 Å². The van der Waals surface area contributed by atoms with Crippen LogP contribution in [0.3, 0.4) is 0 Å². The van der Waals surface area contributed by atoms with Crippen molar-refractivity contribution in [2.24, 2.45) is 13.0 Å². The summed E-state index contributed by atoms with van der Waals surface area (Å²) in [6.45, 7) is 8.74. The maximum atomic E-state index is 15.6. The van der Waals surface area contributed by atoms with E-state index in [1.165, 1.54) is 12.4 Å². The summed E-state index contributed by atoms with van der Waals surface area (Å²) >= 11 is 0. The molecule has 2 N–H and O–H groups in total. The lowest BCUT2D eigenvalue weighted by molar-refractivity contribution is -0.117. The van der Waals surface area contributed by atoms with Crippen LogP contribution in [0.15, 0.2) is 61.4 Å². The van der Waals surface area contributed by atoms with Gasteiger partial charge in [-0.25, -0.2) is 24.0 Å². The number of halogens is 1. The molecule has 0 bridgehead atoms. The minimum atomic E-state index is -0.471. The molecule has 4 heterocycles. The van der Waals surface area contributed by atoms with Crippen molar-refractivity contribution in [1.82, 2.24) is 35.3 Å². The second kappa shape index (κ2) is 11.0. The van der Waals surface area contributed by atoms with Gasteiger partial charge in [-0.05, 0) is 61.7 Å². The van der Waals surface area contributed by atoms with E-state index in [-0.39, 0.29) is 17.6 Å². The largest absolute Gasteiger partial charge is 0.457 e. The average Bonchev–Trinajstić information content (AvgIpc) is 3.36. The molecule has 6 rings (SSSR count). The fourth-order valence-electron chi connectivity index (χ4n) is 5.31. The van der Waals surface area contributed by atoms with Crippen molar-refractivity contribution in [3.05, 3.63) is 72.8 Å². The van der Waals surface area contributed by atoms with Gasteiger partial charge in [0.25, 0.3) is 0 Å². The smallest absolute Gasteiger partial charge is 0.243 e. The first kappa shape index (κ1) is 27.1. The first-order chi connectivity index (χ1) is 20.3. The third-order valence-electron chi connectivity index (χ3n) is 7.38. The van der Waals surface area contributed by atoms with Gasteiger partial charge in [0.15, 0.2) is 11.6 Å². The zero-order valence-electron chi connectivity index (χ0n) is 23.5. The number of pyridine rings is 1. The zero-order chi connectivity index (χ0) is 29.4. The predicted molar refractivity (Wildman–Crippen MR) is 158 cm³/mol. The molecule has 1 saturated heterocycles. The van der Waals surface area contributed by atoms with Crippen LogP contribution in [0.4, 0.5) is 21.7 Å². The number of benzene rings is 2. The Kier molecular flexibility index (Phi) is 7.11. The molecule has 1 amide bonds. The molecular weight excluding hydrogens is 537 g/mol. The number of amides is 1. The molecule has 2 aromatic carbocycles. The summed E-state index contributed by atoms with van der Waals surface area (Å²) in [7, 11) is 1.81. The lowest BCUT2D eigenvalue weighted by atomic mass is 9.96. The highest BCUT2D eigenvalue weighted by Gasteiger charge is 2.27. The molecule has 0 radical (unpaired) electrons. The summed E-state index contributed by atoms with van der Waals surface area (Å²) < 4.78 is 23.3. The number of nitrogens with zero attached hydrogens (tertiary/aromatic N) is 7. The van der Waals surface area contributed by atoms with Crippen molar-refractivity contribution in [1.29, 1.82) is 0 Å². The molecule has 1 unspecified atom stereocenters. The number of hydrogen-bond acceptors (Lipinski definition) is 9. The summed E-state index contributed by atoms with van der Waals surface area (Å²) in [4.78, 5) is 27.6. The minimum Gasteiger partial charge on any atom is -0.457 e.